The first-order chi connectivity index (χ1) is 15.4. The molecule has 4 rings (SSSR count). The van der Waals surface area contributed by atoms with Gasteiger partial charge in [-0.15, -0.1) is 4.40 Å². The highest BCUT2D eigenvalue weighted by atomic mass is 32.2. The van der Waals surface area contributed by atoms with E-state index in [0.29, 0.717) is 24.5 Å². The summed E-state index contributed by atoms with van der Waals surface area (Å²) in [5, 5.41) is 2.83. The number of nitrogens with zero attached hydrogens (tertiary/aromatic N) is 2. The average molecular weight is 456 g/mol. The van der Waals surface area contributed by atoms with Gasteiger partial charge in [-0.25, -0.2) is 0 Å². The number of sulfonamides is 1. The van der Waals surface area contributed by atoms with Crippen molar-refractivity contribution in [3.63, 3.8) is 0 Å². The molecule has 0 saturated carbocycles. The summed E-state index contributed by atoms with van der Waals surface area (Å²) >= 11 is 0. The molecule has 8 nitrogen and oxygen atoms in total. The number of esters is 1. The zero-order chi connectivity index (χ0) is 22.7. The number of rotatable bonds is 5. The fraction of sp³-hybridized carbons (Fsp3) is 0.348. The minimum absolute atomic E-state index is 0.0278. The normalized spacial score (nSPS) is 17.8. The minimum Gasteiger partial charge on any atom is -0.469 e. The van der Waals surface area contributed by atoms with E-state index in [-0.39, 0.29) is 16.9 Å². The Morgan fingerprint density at radius 1 is 1.12 bits per heavy atom. The Kier molecular flexibility index (Phi) is 6.27. The SMILES string of the molecule is COC(=O)C[C@@H](NC(=O)c1ccc2c(c1)S(=O)(=O)N=C1CCCCCN12)c1ccccc1. The Hall–Kier alpha value is -3.20. The van der Waals surface area contributed by atoms with Crippen molar-refractivity contribution in [2.24, 2.45) is 4.40 Å². The van der Waals surface area contributed by atoms with Gasteiger partial charge in [0.2, 0.25) is 0 Å². The molecule has 0 spiro atoms. The predicted molar refractivity (Wildman–Crippen MR) is 120 cm³/mol. The van der Waals surface area contributed by atoms with Gasteiger partial charge in [0.15, 0.2) is 0 Å². The molecule has 1 fully saturated rings. The average Bonchev–Trinajstić information content (AvgIpc) is 3.03. The highest BCUT2D eigenvalue weighted by Gasteiger charge is 2.32. The van der Waals surface area contributed by atoms with E-state index in [1.807, 2.05) is 23.1 Å². The van der Waals surface area contributed by atoms with Gasteiger partial charge in [0.1, 0.15) is 10.7 Å². The maximum Gasteiger partial charge on any atom is 0.307 e. The van der Waals surface area contributed by atoms with Crippen LogP contribution in [0.15, 0.2) is 57.8 Å². The summed E-state index contributed by atoms with van der Waals surface area (Å²) in [6.45, 7) is 0.697. The molecule has 0 aliphatic carbocycles. The van der Waals surface area contributed by atoms with Crippen LogP contribution in [-0.2, 0) is 19.6 Å². The molecule has 0 aromatic heterocycles. The number of ether oxygens (including phenoxy) is 1. The highest BCUT2D eigenvalue weighted by molar-refractivity contribution is 7.90. The molecule has 9 heteroatoms. The lowest BCUT2D eigenvalue weighted by Gasteiger charge is -2.29. The highest BCUT2D eigenvalue weighted by Crippen LogP contribution is 2.35. The summed E-state index contributed by atoms with van der Waals surface area (Å²) in [5.74, 6) is -0.379. The van der Waals surface area contributed by atoms with Crippen molar-refractivity contribution < 1.29 is 22.7 Å². The lowest BCUT2D eigenvalue weighted by atomic mass is 10.0. The van der Waals surface area contributed by atoms with E-state index in [2.05, 4.69) is 9.71 Å². The second-order valence-electron chi connectivity index (χ2n) is 7.84. The van der Waals surface area contributed by atoms with Gasteiger partial charge in [0, 0.05) is 18.5 Å². The topological polar surface area (TPSA) is 105 Å². The van der Waals surface area contributed by atoms with Gasteiger partial charge in [-0.05, 0) is 36.6 Å². The van der Waals surface area contributed by atoms with Gasteiger partial charge >= 0.3 is 5.97 Å². The lowest BCUT2D eigenvalue weighted by Crippen LogP contribution is -2.35. The number of benzene rings is 2. The number of amidine groups is 1. The minimum atomic E-state index is -3.90. The summed E-state index contributed by atoms with van der Waals surface area (Å²) in [4.78, 5) is 26.9. The molecule has 0 unspecified atom stereocenters. The van der Waals surface area contributed by atoms with Gasteiger partial charge in [0.25, 0.3) is 15.9 Å². The van der Waals surface area contributed by atoms with Crippen LogP contribution in [0.1, 0.15) is 54.1 Å². The van der Waals surface area contributed by atoms with Crippen LogP contribution in [0, 0.1) is 0 Å². The molecular weight excluding hydrogens is 430 g/mol. The third kappa shape index (κ3) is 4.52. The van der Waals surface area contributed by atoms with Crippen molar-refractivity contribution in [2.45, 2.75) is 43.0 Å². The Morgan fingerprint density at radius 3 is 2.66 bits per heavy atom. The van der Waals surface area contributed by atoms with Crippen LogP contribution >= 0.6 is 0 Å². The number of methoxy groups -OCH3 is 1. The van der Waals surface area contributed by atoms with Gasteiger partial charge in [-0.3, -0.25) is 9.59 Å². The van der Waals surface area contributed by atoms with Crippen LogP contribution in [0.5, 0.6) is 0 Å². The maximum atomic E-state index is 13.0. The third-order valence-electron chi connectivity index (χ3n) is 5.72. The quantitative estimate of drug-likeness (QED) is 0.694. The number of hydrogen-bond donors (Lipinski definition) is 1. The van der Waals surface area contributed by atoms with E-state index in [4.69, 9.17) is 4.74 Å². The second-order valence-corrected chi connectivity index (χ2v) is 9.42. The van der Waals surface area contributed by atoms with Gasteiger partial charge in [-0.1, -0.05) is 36.8 Å². The maximum absolute atomic E-state index is 13.0. The smallest absolute Gasteiger partial charge is 0.307 e. The zero-order valence-electron chi connectivity index (χ0n) is 17.8. The molecule has 1 saturated heterocycles. The van der Waals surface area contributed by atoms with Crippen molar-refractivity contribution in [1.82, 2.24) is 5.32 Å². The second kappa shape index (κ2) is 9.12. The molecule has 1 amide bonds. The lowest BCUT2D eigenvalue weighted by molar-refractivity contribution is -0.141. The van der Waals surface area contributed by atoms with Crippen LogP contribution in [0.3, 0.4) is 0 Å². The summed E-state index contributed by atoms with van der Waals surface area (Å²) in [5.41, 5.74) is 1.49. The fourth-order valence-electron chi connectivity index (χ4n) is 4.05. The summed E-state index contributed by atoms with van der Waals surface area (Å²) in [6.07, 6.45) is 3.45. The van der Waals surface area contributed by atoms with Crippen LogP contribution in [-0.4, -0.2) is 39.8 Å². The zero-order valence-corrected chi connectivity index (χ0v) is 18.6. The molecular formula is C23H25N3O5S. The van der Waals surface area contributed by atoms with E-state index < -0.39 is 27.9 Å². The van der Waals surface area contributed by atoms with Crippen molar-refractivity contribution in [3.8, 4) is 0 Å². The Balaban J connectivity index is 1.64. The van der Waals surface area contributed by atoms with Crippen molar-refractivity contribution >= 4 is 33.4 Å². The fourth-order valence-corrected chi connectivity index (χ4v) is 5.33. The molecule has 2 heterocycles. The summed E-state index contributed by atoms with van der Waals surface area (Å²) in [6, 6.07) is 13.1. The third-order valence-corrected chi connectivity index (χ3v) is 7.05. The number of carbonyl (C=O) groups is 2. The number of anilines is 1. The van der Waals surface area contributed by atoms with E-state index in [9.17, 15) is 18.0 Å². The number of fused-ring (bicyclic) bond motifs is 3. The first kappa shape index (κ1) is 22.0. The molecule has 2 aromatic rings. The molecule has 2 aliphatic rings. The van der Waals surface area contributed by atoms with Crippen LogP contribution in [0.4, 0.5) is 5.69 Å². The molecule has 32 heavy (non-hydrogen) atoms. The Morgan fingerprint density at radius 2 is 1.91 bits per heavy atom. The van der Waals surface area contributed by atoms with Crippen molar-refractivity contribution in [3.05, 3.63) is 59.7 Å². The van der Waals surface area contributed by atoms with Crippen LogP contribution < -0.4 is 10.2 Å². The van der Waals surface area contributed by atoms with Gasteiger partial charge < -0.3 is 15.0 Å². The first-order valence-corrected chi connectivity index (χ1v) is 12.0. The van der Waals surface area contributed by atoms with Crippen molar-refractivity contribution in [1.29, 1.82) is 0 Å². The van der Waals surface area contributed by atoms with Gasteiger partial charge in [-0.2, -0.15) is 8.42 Å². The van der Waals surface area contributed by atoms with E-state index >= 15 is 0 Å². The molecule has 1 N–H and O–H groups in total. The van der Waals surface area contributed by atoms with E-state index in [0.717, 1.165) is 24.8 Å². The predicted octanol–water partition coefficient (Wildman–Crippen LogP) is 3.20. The summed E-state index contributed by atoms with van der Waals surface area (Å²) in [7, 11) is -2.61. The number of carbonyl (C=O) groups excluding carboxylic acids is 2. The van der Waals surface area contributed by atoms with Crippen LogP contribution in [0.25, 0.3) is 0 Å². The van der Waals surface area contributed by atoms with E-state index in [1.54, 1.807) is 24.3 Å². The number of amides is 1. The van der Waals surface area contributed by atoms with Gasteiger partial charge in [0.05, 0.1) is 25.3 Å². The van der Waals surface area contributed by atoms with Crippen molar-refractivity contribution in [2.75, 3.05) is 18.6 Å². The molecule has 168 valence electrons. The standard InChI is InChI=1S/C23H25N3O5S/c1-31-22(27)15-18(16-8-4-2-5-9-16)24-23(28)17-11-12-19-20(14-17)32(29,30)25-21-10-6-3-7-13-26(19)21/h2,4-5,8-9,11-12,14,18H,3,6-7,10,13,15H2,1H3,(H,24,28)/t18-/m1/s1. The molecule has 2 aliphatic heterocycles. The molecule has 0 radical (unpaired) electrons. The summed E-state index contributed by atoms with van der Waals surface area (Å²) < 4.78 is 34.5. The first-order valence-electron chi connectivity index (χ1n) is 10.6. The molecule has 0 bridgehead atoms. The largest absolute Gasteiger partial charge is 0.469 e. The number of nitrogens with one attached hydrogen (secondary N) is 1. The monoisotopic (exact) mass is 455 g/mol. The molecule has 2 aromatic carbocycles. The Bertz CT molecular complexity index is 1160. The van der Waals surface area contributed by atoms with E-state index in [1.165, 1.54) is 13.2 Å². The Labute approximate surface area is 187 Å². The molecule has 1 atom stereocenters. The van der Waals surface area contributed by atoms with Crippen LogP contribution in [0.2, 0.25) is 0 Å². The number of hydrogen-bond acceptors (Lipinski definition) is 6.